The summed E-state index contributed by atoms with van der Waals surface area (Å²) >= 11 is 1.72. The molecule has 1 heterocycles. The van der Waals surface area contributed by atoms with Gasteiger partial charge in [0.15, 0.2) is 5.96 Å². The predicted octanol–water partition coefficient (Wildman–Crippen LogP) is 2.32. The summed E-state index contributed by atoms with van der Waals surface area (Å²) in [4.78, 5) is 10.4. The fraction of sp³-hybridized carbons (Fsp3) is 0.412. The van der Waals surface area contributed by atoms with Crippen LogP contribution in [0.5, 0.6) is 0 Å². The number of aromatic nitrogens is 1. The van der Waals surface area contributed by atoms with E-state index in [1.807, 2.05) is 13.8 Å². The molecule has 1 aromatic carbocycles. The molecule has 10 heteroatoms. The number of benzene rings is 1. The molecule has 0 radical (unpaired) electrons. The lowest BCUT2D eigenvalue weighted by atomic mass is 10.2. The number of halogens is 1. The molecule has 0 saturated carbocycles. The molecule has 7 nitrogen and oxygen atoms in total. The summed E-state index contributed by atoms with van der Waals surface area (Å²) < 4.78 is 22.6. The van der Waals surface area contributed by atoms with Gasteiger partial charge in [-0.05, 0) is 38.5 Å². The monoisotopic (exact) mass is 523 g/mol. The van der Waals surface area contributed by atoms with Crippen LogP contribution in [0.15, 0.2) is 34.2 Å². The third-order valence-electron chi connectivity index (χ3n) is 3.72. The Morgan fingerprint density at radius 1 is 1.22 bits per heavy atom. The number of guanidine groups is 1. The number of sulfonamides is 1. The van der Waals surface area contributed by atoms with Crippen LogP contribution in [0.1, 0.15) is 28.1 Å². The average Bonchev–Trinajstić information content (AvgIpc) is 2.90. The largest absolute Gasteiger partial charge is 0.357 e. The first-order valence-corrected chi connectivity index (χ1v) is 10.7. The summed E-state index contributed by atoms with van der Waals surface area (Å²) in [7, 11) is -3.66. The second-order valence-corrected chi connectivity index (χ2v) is 8.66. The van der Waals surface area contributed by atoms with E-state index in [1.165, 1.54) is 17.0 Å². The summed E-state index contributed by atoms with van der Waals surface area (Å²) in [6.07, 6.45) is 0.840. The molecule has 27 heavy (non-hydrogen) atoms. The minimum absolute atomic E-state index is 0. The molecule has 2 aromatic rings. The number of nitrogens with zero attached hydrogens (tertiary/aromatic N) is 2. The molecule has 0 fully saturated rings. The lowest BCUT2D eigenvalue weighted by Crippen LogP contribution is -2.38. The summed E-state index contributed by atoms with van der Waals surface area (Å²) in [5.74, 6) is 0.716. The minimum Gasteiger partial charge on any atom is -0.357 e. The van der Waals surface area contributed by atoms with E-state index in [4.69, 9.17) is 5.14 Å². The van der Waals surface area contributed by atoms with Crippen molar-refractivity contribution in [3.8, 4) is 0 Å². The number of hydrogen-bond acceptors (Lipinski definition) is 5. The predicted molar refractivity (Wildman–Crippen MR) is 121 cm³/mol. The van der Waals surface area contributed by atoms with Crippen molar-refractivity contribution < 1.29 is 8.42 Å². The van der Waals surface area contributed by atoms with Crippen molar-refractivity contribution in [1.82, 2.24) is 15.6 Å². The Morgan fingerprint density at radius 3 is 2.41 bits per heavy atom. The van der Waals surface area contributed by atoms with E-state index < -0.39 is 10.0 Å². The van der Waals surface area contributed by atoms with Crippen molar-refractivity contribution in [3.05, 3.63) is 45.4 Å². The molecule has 1 aromatic heterocycles. The van der Waals surface area contributed by atoms with Gasteiger partial charge in [-0.2, -0.15) is 0 Å². The molecule has 0 aliphatic rings. The highest BCUT2D eigenvalue weighted by atomic mass is 127. The van der Waals surface area contributed by atoms with Crippen LogP contribution in [0.2, 0.25) is 0 Å². The third-order valence-corrected chi connectivity index (χ3v) is 5.78. The van der Waals surface area contributed by atoms with Gasteiger partial charge >= 0.3 is 0 Å². The van der Waals surface area contributed by atoms with Crippen LogP contribution in [-0.2, 0) is 23.0 Å². The van der Waals surface area contributed by atoms with Gasteiger partial charge < -0.3 is 10.6 Å². The van der Waals surface area contributed by atoms with E-state index in [2.05, 4.69) is 27.5 Å². The van der Waals surface area contributed by atoms with Crippen LogP contribution in [0, 0.1) is 13.8 Å². The Bertz CT molecular complexity index is 844. The van der Waals surface area contributed by atoms with Crippen LogP contribution in [0.25, 0.3) is 0 Å². The zero-order chi connectivity index (χ0) is 19.2. The maximum atomic E-state index is 11.3. The number of thiazole rings is 1. The number of nitrogens with one attached hydrogen (secondary N) is 2. The van der Waals surface area contributed by atoms with E-state index in [0.29, 0.717) is 12.5 Å². The molecule has 4 N–H and O–H groups in total. The molecule has 0 bridgehead atoms. The Balaban J connectivity index is 0.00000364. The number of rotatable bonds is 7. The fourth-order valence-electron chi connectivity index (χ4n) is 2.23. The number of nitrogens with two attached hydrogens (primary N) is 1. The van der Waals surface area contributed by atoms with Crippen LogP contribution in [-0.4, -0.2) is 32.5 Å². The molecule has 0 saturated heterocycles. The first-order chi connectivity index (χ1) is 12.3. The van der Waals surface area contributed by atoms with E-state index in [-0.39, 0.29) is 28.9 Å². The molecular formula is C17H26IN5O2S2. The number of aryl methyl sites for hydroxylation is 2. The molecule has 0 amide bonds. The molecule has 150 valence electrons. The molecule has 2 rings (SSSR count). The summed E-state index contributed by atoms with van der Waals surface area (Å²) in [6.45, 7) is 8.04. The molecular weight excluding hydrogens is 497 g/mol. The van der Waals surface area contributed by atoms with Gasteiger partial charge in [-0.1, -0.05) is 12.1 Å². The second kappa shape index (κ2) is 10.9. The van der Waals surface area contributed by atoms with Crippen LogP contribution >= 0.6 is 35.3 Å². The smallest absolute Gasteiger partial charge is 0.238 e. The number of primary sulfonamides is 1. The van der Waals surface area contributed by atoms with Crippen molar-refractivity contribution >= 4 is 51.3 Å². The number of hydrogen-bond donors (Lipinski definition) is 3. The quantitative estimate of drug-likeness (QED) is 0.293. The van der Waals surface area contributed by atoms with Crippen molar-refractivity contribution in [1.29, 1.82) is 0 Å². The summed E-state index contributed by atoms with van der Waals surface area (Å²) in [6, 6.07) is 6.42. The lowest BCUT2D eigenvalue weighted by molar-refractivity contribution is 0.598. The zero-order valence-electron chi connectivity index (χ0n) is 15.7. The van der Waals surface area contributed by atoms with Gasteiger partial charge in [0.25, 0.3) is 0 Å². The molecule has 0 spiro atoms. The zero-order valence-corrected chi connectivity index (χ0v) is 19.6. The van der Waals surface area contributed by atoms with Gasteiger partial charge in [0.2, 0.25) is 10.0 Å². The summed E-state index contributed by atoms with van der Waals surface area (Å²) in [5.41, 5.74) is 1.99. The van der Waals surface area contributed by atoms with Gasteiger partial charge in [-0.15, -0.1) is 35.3 Å². The van der Waals surface area contributed by atoms with Crippen LogP contribution < -0.4 is 15.8 Å². The maximum absolute atomic E-state index is 11.3. The van der Waals surface area contributed by atoms with Gasteiger partial charge in [-0.25, -0.2) is 23.5 Å². The summed E-state index contributed by atoms with van der Waals surface area (Å²) in [5, 5.41) is 12.7. The van der Waals surface area contributed by atoms with Gasteiger partial charge in [0.1, 0.15) is 0 Å². The SMILES string of the molecule is CCNC(=NCc1ccc(S(N)(=O)=O)cc1)NCCc1nc(C)c(C)s1.I. The van der Waals surface area contributed by atoms with E-state index in [0.717, 1.165) is 35.8 Å². The van der Waals surface area contributed by atoms with E-state index in [1.54, 1.807) is 23.5 Å². The maximum Gasteiger partial charge on any atom is 0.238 e. The van der Waals surface area contributed by atoms with E-state index in [9.17, 15) is 8.42 Å². The van der Waals surface area contributed by atoms with Crippen molar-refractivity contribution in [3.63, 3.8) is 0 Å². The van der Waals surface area contributed by atoms with Crippen molar-refractivity contribution in [2.24, 2.45) is 10.1 Å². The first kappa shape index (κ1) is 23.8. The van der Waals surface area contributed by atoms with Crippen molar-refractivity contribution in [2.45, 2.75) is 38.6 Å². The topological polar surface area (TPSA) is 109 Å². The van der Waals surface area contributed by atoms with E-state index >= 15 is 0 Å². The normalized spacial score (nSPS) is 11.8. The van der Waals surface area contributed by atoms with Gasteiger partial charge in [-0.3, -0.25) is 0 Å². The second-order valence-electron chi connectivity index (χ2n) is 5.81. The Hall–Kier alpha value is -1.24. The fourth-order valence-corrected chi connectivity index (χ4v) is 3.68. The molecule has 0 aliphatic heterocycles. The van der Waals surface area contributed by atoms with Gasteiger partial charge in [0, 0.05) is 24.4 Å². The Kier molecular flexibility index (Phi) is 9.63. The molecule has 0 atom stereocenters. The molecule has 0 unspecified atom stereocenters. The van der Waals surface area contributed by atoms with Crippen molar-refractivity contribution in [2.75, 3.05) is 13.1 Å². The first-order valence-electron chi connectivity index (χ1n) is 8.36. The van der Waals surface area contributed by atoms with Crippen LogP contribution in [0.4, 0.5) is 0 Å². The molecule has 0 aliphatic carbocycles. The Labute approximate surface area is 182 Å². The average molecular weight is 523 g/mol. The highest BCUT2D eigenvalue weighted by molar-refractivity contribution is 14.0. The van der Waals surface area contributed by atoms with Crippen LogP contribution in [0.3, 0.4) is 0 Å². The van der Waals surface area contributed by atoms with Gasteiger partial charge in [0.05, 0.1) is 22.1 Å². The lowest BCUT2D eigenvalue weighted by Gasteiger charge is -2.10. The highest BCUT2D eigenvalue weighted by Crippen LogP contribution is 2.16. The third kappa shape index (κ3) is 7.72. The minimum atomic E-state index is -3.66. The Morgan fingerprint density at radius 2 is 1.89 bits per heavy atom. The highest BCUT2D eigenvalue weighted by Gasteiger charge is 2.07. The standard InChI is InChI=1S/C17H25N5O2S2.HI/c1-4-19-17(20-10-9-16-22-12(2)13(3)25-16)21-11-14-5-7-15(8-6-14)26(18,23)24;/h5-8H,4,9-11H2,1-3H3,(H2,18,23,24)(H2,19,20,21);1H. The number of aliphatic imine (C=N–C) groups is 1.